The molecule has 0 aromatic carbocycles. The largest absolute Gasteiger partial charge is 0.466 e. The summed E-state index contributed by atoms with van der Waals surface area (Å²) >= 11 is 0. The van der Waals surface area contributed by atoms with Gasteiger partial charge in [0.15, 0.2) is 0 Å². The molecule has 150 valence electrons. The summed E-state index contributed by atoms with van der Waals surface area (Å²) in [5, 5.41) is 4.62. The van der Waals surface area contributed by atoms with Crippen molar-refractivity contribution in [1.29, 1.82) is 0 Å². The van der Waals surface area contributed by atoms with E-state index in [0.717, 1.165) is 11.3 Å². The Hall–Kier alpha value is -3.56. The molecular formula is C19H21N7O3. The second-order valence-electron chi connectivity index (χ2n) is 6.55. The molecule has 3 aromatic rings. The zero-order valence-electron chi connectivity index (χ0n) is 16.1. The first-order chi connectivity index (χ1) is 14.2. The molecule has 1 saturated heterocycles. The summed E-state index contributed by atoms with van der Waals surface area (Å²) in [5.41, 5.74) is 1.77. The molecule has 1 aliphatic heterocycles. The SMILES string of the molecule is CCOC(=O)CC(=O)N1CCN(c2nc3nccc(-c4cccnc4)n3n2)CC1. The van der Waals surface area contributed by atoms with Crippen LogP contribution in [-0.2, 0) is 14.3 Å². The Morgan fingerprint density at radius 1 is 1.14 bits per heavy atom. The number of esters is 1. The van der Waals surface area contributed by atoms with Gasteiger partial charge in [0.1, 0.15) is 6.42 Å². The minimum atomic E-state index is -0.490. The molecule has 4 heterocycles. The third kappa shape index (κ3) is 4.00. The van der Waals surface area contributed by atoms with Crippen molar-refractivity contribution >= 4 is 23.6 Å². The van der Waals surface area contributed by atoms with Gasteiger partial charge in [-0.2, -0.15) is 9.50 Å². The van der Waals surface area contributed by atoms with Crippen LogP contribution in [0.1, 0.15) is 13.3 Å². The van der Waals surface area contributed by atoms with Crippen LogP contribution in [0.15, 0.2) is 36.8 Å². The van der Waals surface area contributed by atoms with E-state index in [0.29, 0.717) is 37.9 Å². The van der Waals surface area contributed by atoms with Crippen LogP contribution in [0.2, 0.25) is 0 Å². The van der Waals surface area contributed by atoms with E-state index in [9.17, 15) is 9.59 Å². The zero-order valence-corrected chi connectivity index (χ0v) is 16.1. The number of hydrogen-bond donors (Lipinski definition) is 0. The number of amides is 1. The number of pyridine rings is 1. The maximum Gasteiger partial charge on any atom is 0.315 e. The van der Waals surface area contributed by atoms with Gasteiger partial charge in [0.05, 0.1) is 12.3 Å². The fraction of sp³-hybridized carbons (Fsp3) is 0.368. The van der Waals surface area contributed by atoms with Crippen LogP contribution in [0.5, 0.6) is 0 Å². The van der Waals surface area contributed by atoms with Crippen LogP contribution in [0.25, 0.3) is 17.0 Å². The lowest BCUT2D eigenvalue weighted by atomic mass is 10.2. The van der Waals surface area contributed by atoms with Crippen LogP contribution in [0.4, 0.5) is 5.95 Å². The fourth-order valence-electron chi connectivity index (χ4n) is 3.25. The lowest BCUT2D eigenvalue weighted by Crippen LogP contribution is -2.49. The molecule has 0 radical (unpaired) electrons. The molecule has 3 aromatic heterocycles. The number of aromatic nitrogens is 5. The Bertz CT molecular complexity index is 1010. The van der Waals surface area contributed by atoms with E-state index < -0.39 is 5.97 Å². The summed E-state index contributed by atoms with van der Waals surface area (Å²) in [4.78, 5) is 40.4. The van der Waals surface area contributed by atoms with Crippen molar-refractivity contribution in [3.8, 4) is 11.3 Å². The molecular weight excluding hydrogens is 374 g/mol. The maximum absolute atomic E-state index is 12.2. The standard InChI is InChI=1S/C19H21N7O3/c1-2-29-17(28)12-16(27)24-8-10-25(11-9-24)19-22-18-21-7-5-15(26(18)23-19)14-4-3-6-20-13-14/h3-7,13H,2,8-12H2,1H3. The average Bonchev–Trinajstić information content (AvgIpc) is 3.19. The molecule has 4 rings (SSSR count). The number of carbonyl (C=O) groups excluding carboxylic acids is 2. The number of rotatable bonds is 5. The van der Waals surface area contributed by atoms with Gasteiger partial charge in [0, 0.05) is 50.3 Å². The molecule has 0 saturated carbocycles. The first kappa shape index (κ1) is 18.8. The molecule has 1 amide bonds. The van der Waals surface area contributed by atoms with Crippen LogP contribution < -0.4 is 4.90 Å². The van der Waals surface area contributed by atoms with Crippen molar-refractivity contribution in [3.05, 3.63) is 36.8 Å². The van der Waals surface area contributed by atoms with Gasteiger partial charge in [-0.3, -0.25) is 14.6 Å². The van der Waals surface area contributed by atoms with Gasteiger partial charge in [-0.1, -0.05) is 0 Å². The molecule has 29 heavy (non-hydrogen) atoms. The summed E-state index contributed by atoms with van der Waals surface area (Å²) in [6.07, 6.45) is 4.96. The molecule has 10 nitrogen and oxygen atoms in total. The van der Waals surface area contributed by atoms with Gasteiger partial charge in [0.2, 0.25) is 11.9 Å². The highest BCUT2D eigenvalue weighted by Crippen LogP contribution is 2.20. The summed E-state index contributed by atoms with van der Waals surface area (Å²) in [5.74, 6) is 0.357. The molecule has 10 heteroatoms. The second-order valence-corrected chi connectivity index (χ2v) is 6.55. The summed E-state index contributed by atoms with van der Waals surface area (Å²) in [6, 6.07) is 5.69. The predicted molar refractivity (Wildman–Crippen MR) is 104 cm³/mol. The Labute approximate surface area is 167 Å². The summed E-state index contributed by atoms with van der Waals surface area (Å²) in [7, 11) is 0. The number of anilines is 1. The number of fused-ring (bicyclic) bond motifs is 1. The van der Waals surface area contributed by atoms with Crippen molar-refractivity contribution in [2.45, 2.75) is 13.3 Å². The average molecular weight is 395 g/mol. The zero-order chi connectivity index (χ0) is 20.2. The molecule has 0 N–H and O–H groups in total. The molecule has 0 atom stereocenters. The molecule has 0 spiro atoms. The second kappa shape index (κ2) is 8.21. The Morgan fingerprint density at radius 2 is 1.97 bits per heavy atom. The third-order valence-corrected chi connectivity index (χ3v) is 4.70. The Kier molecular flexibility index (Phi) is 5.32. The molecule has 1 aliphatic rings. The van der Waals surface area contributed by atoms with E-state index in [-0.39, 0.29) is 18.9 Å². The van der Waals surface area contributed by atoms with Gasteiger partial charge in [0.25, 0.3) is 5.78 Å². The van der Waals surface area contributed by atoms with E-state index in [1.807, 2.05) is 23.1 Å². The van der Waals surface area contributed by atoms with Crippen molar-refractivity contribution in [2.75, 3.05) is 37.7 Å². The number of carbonyl (C=O) groups is 2. The number of ether oxygens (including phenoxy) is 1. The predicted octanol–water partition coefficient (Wildman–Crippen LogP) is 0.788. The van der Waals surface area contributed by atoms with Gasteiger partial charge < -0.3 is 14.5 Å². The Balaban J connectivity index is 1.47. The summed E-state index contributed by atoms with van der Waals surface area (Å²) in [6.45, 7) is 4.14. The monoisotopic (exact) mass is 395 g/mol. The van der Waals surface area contributed by atoms with Gasteiger partial charge in [-0.15, -0.1) is 5.10 Å². The Morgan fingerprint density at radius 3 is 2.69 bits per heavy atom. The smallest absolute Gasteiger partial charge is 0.315 e. The quantitative estimate of drug-likeness (QED) is 0.461. The van der Waals surface area contributed by atoms with E-state index in [1.165, 1.54) is 0 Å². The van der Waals surface area contributed by atoms with E-state index in [2.05, 4.69) is 20.1 Å². The first-order valence-corrected chi connectivity index (χ1v) is 9.46. The summed E-state index contributed by atoms with van der Waals surface area (Å²) < 4.78 is 6.54. The van der Waals surface area contributed by atoms with Crippen LogP contribution >= 0.6 is 0 Å². The van der Waals surface area contributed by atoms with Crippen LogP contribution in [0.3, 0.4) is 0 Å². The molecule has 0 unspecified atom stereocenters. The van der Waals surface area contributed by atoms with E-state index >= 15 is 0 Å². The minimum Gasteiger partial charge on any atom is -0.466 e. The van der Waals surface area contributed by atoms with E-state index in [1.54, 1.807) is 34.9 Å². The molecule has 0 aliphatic carbocycles. The van der Waals surface area contributed by atoms with E-state index in [4.69, 9.17) is 4.74 Å². The highest BCUT2D eigenvalue weighted by molar-refractivity contribution is 5.94. The van der Waals surface area contributed by atoms with Crippen molar-refractivity contribution in [1.82, 2.24) is 29.5 Å². The van der Waals surface area contributed by atoms with Crippen LogP contribution in [-0.4, -0.2) is 74.1 Å². The van der Waals surface area contributed by atoms with Crippen molar-refractivity contribution < 1.29 is 14.3 Å². The topological polar surface area (TPSA) is 106 Å². The highest BCUT2D eigenvalue weighted by Gasteiger charge is 2.25. The number of piperazine rings is 1. The number of nitrogens with zero attached hydrogens (tertiary/aromatic N) is 7. The number of hydrogen-bond acceptors (Lipinski definition) is 8. The van der Waals surface area contributed by atoms with Crippen LogP contribution in [0, 0.1) is 0 Å². The van der Waals surface area contributed by atoms with Crippen molar-refractivity contribution in [2.24, 2.45) is 0 Å². The third-order valence-electron chi connectivity index (χ3n) is 4.70. The first-order valence-electron chi connectivity index (χ1n) is 9.46. The van der Waals surface area contributed by atoms with Gasteiger partial charge >= 0.3 is 5.97 Å². The normalized spacial score (nSPS) is 14.2. The van der Waals surface area contributed by atoms with Crippen molar-refractivity contribution in [3.63, 3.8) is 0 Å². The molecule has 0 bridgehead atoms. The highest BCUT2D eigenvalue weighted by atomic mass is 16.5. The minimum absolute atomic E-state index is 0.216. The molecule has 1 fully saturated rings. The van der Waals surface area contributed by atoms with Gasteiger partial charge in [-0.05, 0) is 25.1 Å². The van der Waals surface area contributed by atoms with Gasteiger partial charge in [-0.25, -0.2) is 4.98 Å². The lowest BCUT2D eigenvalue weighted by molar-refractivity contribution is -0.148. The lowest BCUT2D eigenvalue weighted by Gasteiger charge is -2.33. The fourth-order valence-corrected chi connectivity index (χ4v) is 3.25. The maximum atomic E-state index is 12.2.